The van der Waals surface area contributed by atoms with E-state index < -0.39 is 0 Å². The maximum atomic E-state index is 12.0. The molecule has 1 N–H and O–H groups in total. The van der Waals surface area contributed by atoms with Gasteiger partial charge in [0.15, 0.2) is 0 Å². The number of hydrogen-bond acceptors (Lipinski definition) is 3. The van der Waals surface area contributed by atoms with Gasteiger partial charge < -0.3 is 5.32 Å². The molecule has 1 aliphatic heterocycles. The van der Waals surface area contributed by atoms with Crippen LogP contribution >= 0.6 is 11.6 Å². The molecule has 0 aliphatic carbocycles. The molecule has 0 fully saturated rings. The quantitative estimate of drug-likeness (QED) is 0.770. The Morgan fingerprint density at radius 2 is 2.40 bits per heavy atom. The molecule has 2 heterocycles. The van der Waals surface area contributed by atoms with Crippen LogP contribution < -0.4 is 10.9 Å². The molecule has 5 heteroatoms. The molecule has 1 aromatic rings. The second-order valence-corrected chi connectivity index (χ2v) is 4.07. The van der Waals surface area contributed by atoms with Crippen molar-refractivity contribution in [1.29, 1.82) is 0 Å². The highest BCUT2D eigenvalue weighted by molar-refractivity contribution is 6.30. The number of rotatable bonds is 3. The Labute approximate surface area is 93.3 Å². The second-order valence-electron chi connectivity index (χ2n) is 3.71. The minimum absolute atomic E-state index is 0.0396. The van der Waals surface area contributed by atoms with E-state index in [2.05, 4.69) is 10.3 Å². The van der Waals surface area contributed by atoms with Gasteiger partial charge in [-0.1, -0.05) is 11.6 Å². The van der Waals surface area contributed by atoms with Crippen molar-refractivity contribution in [1.82, 2.24) is 14.9 Å². The van der Waals surface area contributed by atoms with Crippen molar-refractivity contribution >= 4 is 11.6 Å². The van der Waals surface area contributed by atoms with Crippen molar-refractivity contribution in [3.8, 4) is 0 Å². The van der Waals surface area contributed by atoms with Gasteiger partial charge in [-0.15, -0.1) is 0 Å². The van der Waals surface area contributed by atoms with Crippen molar-refractivity contribution in [2.24, 2.45) is 0 Å². The molecule has 0 radical (unpaired) electrons. The zero-order valence-corrected chi connectivity index (χ0v) is 9.47. The summed E-state index contributed by atoms with van der Waals surface area (Å²) in [4.78, 5) is 16.3. The Bertz CT molecular complexity index is 427. The molecule has 0 amide bonds. The largest absolute Gasteiger partial charge is 0.319 e. The monoisotopic (exact) mass is 227 g/mol. The summed E-state index contributed by atoms with van der Waals surface area (Å²) in [6, 6.07) is 0. The number of nitrogens with one attached hydrogen (secondary N) is 1. The van der Waals surface area contributed by atoms with Gasteiger partial charge in [0.25, 0.3) is 5.56 Å². The van der Waals surface area contributed by atoms with Crippen LogP contribution in [-0.2, 0) is 19.4 Å². The average Bonchev–Trinajstić information content (AvgIpc) is 2.65. The van der Waals surface area contributed by atoms with E-state index in [1.54, 1.807) is 4.57 Å². The minimum Gasteiger partial charge on any atom is -0.319 e. The van der Waals surface area contributed by atoms with E-state index >= 15 is 0 Å². The van der Waals surface area contributed by atoms with Crippen LogP contribution in [0.15, 0.2) is 4.79 Å². The maximum absolute atomic E-state index is 12.0. The number of aromatic nitrogens is 2. The summed E-state index contributed by atoms with van der Waals surface area (Å²) in [7, 11) is 1.85. The molecule has 0 atom stereocenters. The van der Waals surface area contributed by atoms with Crippen LogP contribution in [0.4, 0.5) is 0 Å². The minimum atomic E-state index is 0.0396. The molecule has 0 aromatic carbocycles. The number of aryl methyl sites for hydroxylation is 1. The zero-order valence-electron chi connectivity index (χ0n) is 8.72. The van der Waals surface area contributed by atoms with Crippen LogP contribution in [0.25, 0.3) is 0 Å². The molecule has 82 valence electrons. The van der Waals surface area contributed by atoms with Crippen molar-refractivity contribution in [3.05, 3.63) is 26.9 Å². The molecule has 2 rings (SSSR count). The Balaban J connectivity index is 2.42. The lowest BCUT2D eigenvalue weighted by Crippen LogP contribution is -2.27. The van der Waals surface area contributed by atoms with E-state index in [9.17, 15) is 4.79 Å². The summed E-state index contributed by atoms with van der Waals surface area (Å²) in [5.41, 5.74) is 0.675. The van der Waals surface area contributed by atoms with Gasteiger partial charge in [-0.2, -0.15) is 0 Å². The number of hydrogen-bond donors (Lipinski definition) is 1. The SMILES string of the molecule is CNCCc1c(Cl)nc2n(c1=O)CCC2. The normalized spacial score (nSPS) is 14.3. The predicted octanol–water partition coefficient (Wildman–Crippen LogP) is 0.605. The molecule has 1 aromatic heterocycles. The van der Waals surface area contributed by atoms with E-state index in [4.69, 9.17) is 11.6 Å². The van der Waals surface area contributed by atoms with Crippen LogP contribution in [0.5, 0.6) is 0 Å². The standard InChI is InChI=1S/C10H14ClN3O/c1-12-5-4-7-9(11)13-8-3-2-6-14(8)10(7)15/h12H,2-6H2,1H3. The third-order valence-corrected chi connectivity index (χ3v) is 3.01. The molecule has 0 bridgehead atoms. The first-order valence-corrected chi connectivity index (χ1v) is 5.54. The molecule has 0 saturated carbocycles. The number of likely N-dealkylation sites (N-methyl/N-ethyl adjacent to an activating group) is 1. The van der Waals surface area contributed by atoms with Crippen molar-refractivity contribution < 1.29 is 0 Å². The van der Waals surface area contributed by atoms with Crippen molar-refractivity contribution in [2.75, 3.05) is 13.6 Å². The first-order valence-electron chi connectivity index (χ1n) is 5.16. The van der Waals surface area contributed by atoms with Crippen LogP contribution in [-0.4, -0.2) is 23.1 Å². The van der Waals surface area contributed by atoms with Gasteiger partial charge in [0.2, 0.25) is 0 Å². The fraction of sp³-hybridized carbons (Fsp3) is 0.600. The van der Waals surface area contributed by atoms with Crippen LogP contribution in [0, 0.1) is 0 Å². The summed E-state index contributed by atoms with van der Waals surface area (Å²) < 4.78 is 1.75. The van der Waals surface area contributed by atoms with E-state index in [-0.39, 0.29) is 5.56 Å². The molecular weight excluding hydrogens is 214 g/mol. The lowest BCUT2D eigenvalue weighted by molar-refractivity contribution is 0.689. The molecule has 1 aliphatic rings. The number of fused-ring (bicyclic) bond motifs is 1. The highest BCUT2D eigenvalue weighted by atomic mass is 35.5. The molecule has 0 saturated heterocycles. The van der Waals surface area contributed by atoms with E-state index in [1.165, 1.54) is 0 Å². The Morgan fingerprint density at radius 3 is 3.13 bits per heavy atom. The highest BCUT2D eigenvalue weighted by Crippen LogP contribution is 2.15. The van der Waals surface area contributed by atoms with Gasteiger partial charge in [0.1, 0.15) is 11.0 Å². The topological polar surface area (TPSA) is 46.9 Å². The summed E-state index contributed by atoms with van der Waals surface area (Å²) in [6.07, 6.45) is 2.50. The van der Waals surface area contributed by atoms with Gasteiger partial charge in [0.05, 0.1) is 5.56 Å². The van der Waals surface area contributed by atoms with Gasteiger partial charge in [0, 0.05) is 13.0 Å². The van der Waals surface area contributed by atoms with Gasteiger partial charge in [-0.05, 0) is 26.4 Å². The van der Waals surface area contributed by atoms with Gasteiger partial charge in [-0.25, -0.2) is 4.98 Å². The van der Waals surface area contributed by atoms with Crippen LogP contribution in [0.2, 0.25) is 5.15 Å². The lowest BCUT2D eigenvalue weighted by Gasteiger charge is -2.07. The van der Waals surface area contributed by atoms with Crippen LogP contribution in [0.1, 0.15) is 17.8 Å². The Kier molecular flexibility index (Phi) is 3.07. The van der Waals surface area contributed by atoms with Gasteiger partial charge >= 0.3 is 0 Å². The summed E-state index contributed by atoms with van der Waals surface area (Å²) >= 11 is 6.00. The molecule has 0 unspecified atom stereocenters. The van der Waals surface area contributed by atoms with E-state index in [1.807, 2.05) is 7.05 Å². The summed E-state index contributed by atoms with van der Waals surface area (Å²) in [5, 5.41) is 3.38. The summed E-state index contributed by atoms with van der Waals surface area (Å²) in [5.74, 6) is 0.832. The first-order chi connectivity index (χ1) is 7.24. The first kappa shape index (κ1) is 10.6. The average molecular weight is 228 g/mol. The van der Waals surface area contributed by atoms with Crippen molar-refractivity contribution in [2.45, 2.75) is 25.8 Å². The molecular formula is C10H14ClN3O. The summed E-state index contributed by atoms with van der Waals surface area (Å²) in [6.45, 7) is 1.53. The molecule has 15 heavy (non-hydrogen) atoms. The zero-order chi connectivity index (χ0) is 10.8. The fourth-order valence-corrected chi connectivity index (χ4v) is 2.16. The van der Waals surface area contributed by atoms with Crippen LogP contribution in [0.3, 0.4) is 0 Å². The second kappa shape index (κ2) is 4.33. The number of halogens is 1. The van der Waals surface area contributed by atoms with Gasteiger partial charge in [-0.3, -0.25) is 9.36 Å². The fourth-order valence-electron chi connectivity index (χ4n) is 1.89. The molecule has 4 nitrogen and oxygen atoms in total. The Morgan fingerprint density at radius 1 is 1.60 bits per heavy atom. The smallest absolute Gasteiger partial charge is 0.258 e. The lowest BCUT2D eigenvalue weighted by atomic mass is 10.2. The van der Waals surface area contributed by atoms with E-state index in [0.29, 0.717) is 17.1 Å². The van der Waals surface area contributed by atoms with Crippen molar-refractivity contribution in [3.63, 3.8) is 0 Å². The third-order valence-electron chi connectivity index (χ3n) is 2.70. The third kappa shape index (κ3) is 1.92. The maximum Gasteiger partial charge on any atom is 0.258 e. The van der Waals surface area contributed by atoms with E-state index in [0.717, 1.165) is 31.8 Å². The highest BCUT2D eigenvalue weighted by Gasteiger charge is 2.18. The molecule has 0 spiro atoms. The number of nitrogens with zero attached hydrogens (tertiary/aromatic N) is 2. The predicted molar refractivity (Wildman–Crippen MR) is 59.5 cm³/mol. The Hall–Kier alpha value is -0.870.